The topological polar surface area (TPSA) is 91.0 Å². The van der Waals surface area contributed by atoms with Crippen molar-refractivity contribution in [2.75, 3.05) is 38.3 Å². The maximum atomic E-state index is 14.1. The van der Waals surface area contributed by atoms with Gasteiger partial charge in [-0.2, -0.15) is 0 Å². The third-order valence-corrected chi connectivity index (χ3v) is 9.77. The Kier molecular flexibility index (Phi) is 9.22. The van der Waals surface area contributed by atoms with Gasteiger partial charge in [-0.15, -0.1) is 11.8 Å². The van der Waals surface area contributed by atoms with Crippen LogP contribution in [0, 0.1) is 11.8 Å². The maximum Gasteiger partial charge on any atom is 0.246 e. The molecule has 2 saturated heterocycles. The molecule has 1 aromatic rings. The Labute approximate surface area is 242 Å². The van der Waals surface area contributed by atoms with Gasteiger partial charge in [0.05, 0.1) is 17.9 Å². The van der Waals surface area contributed by atoms with Crippen molar-refractivity contribution in [3.8, 4) is 0 Å². The van der Waals surface area contributed by atoms with E-state index < -0.39 is 29.6 Å². The van der Waals surface area contributed by atoms with Crippen LogP contribution in [-0.2, 0) is 19.1 Å². The normalized spacial score (nSPS) is 29.3. The van der Waals surface area contributed by atoms with Crippen molar-refractivity contribution in [3.63, 3.8) is 0 Å². The van der Waals surface area contributed by atoms with Gasteiger partial charge in [0.1, 0.15) is 11.6 Å². The van der Waals surface area contributed by atoms with Crippen LogP contribution < -0.4 is 10.6 Å². The van der Waals surface area contributed by atoms with E-state index in [-0.39, 0.29) is 23.8 Å². The minimum absolute atomic E-state index is 0.124. The lowest BCUT2D eigenvalue weighted by molar-refractivity contribution is -0.141. The number of benzene rings is 1. The fourth-order valence-corrected chi connectivity index (χ4v) is 7.47. The van der Waals surface area contributed by atoms with Gasteiger partial charge in [-0.05, 0) is 70.3 Å². The summed E-state index contributed by atoms with van der Waals surface area (Å²) >= 11 is 1.60. The average molecular weight is 569 g/mol. The number of anilines is 1. The molecule has 218 valence electrons. The fourth-order valence-electron chi connectivity index (χ4n) is 7.01. The average Bonchev–Trinajstić information content (AvgIpc) is 3.60. The number of ether oxygens (including phenoxy) is 1. The Balaban J connectivity index is 1.37. The molecule has 0 radical (unpaired) electrons. The number of amides is 3. The zero-order chi connectivity index (χ0) is 28.3. The van der Waals surface area contributed by atoms with Crippen LogP contribution in [-0.4, -0.2) is 84.2 Å². The van der Waals surface area contributed by atoms with E-state index in [0.29, 0.717) is 12.2 Å². The number of hydrogen-bond acceptors (Lipinski definition) is 6. The fraction of sp³-hybridized carbons (Fsp3) is 0.645. The number of rotatable bonds is 12. The Bertz CT molecular complexity index is 1120. The molecule has 5 atom stereocenters. The van der Waals surface area contributed by atoms with Crippen molar-refractivity contribution in [1.29, 1.82) is 0 Å². The third kappa shape index (κ3) is 5.70. The van der Waals surface area contributed by atoms with Crippen LogP contribution in [0.4, 0.5) is 5.69 Å². The first-order valence-corrected chi connectivity index (χ1v) is 16.2. The quantitative estimate of drug-likeness (QED) is 0.292. The summed E-state index contributed by atoms with van der Waals surface area (Å²) in [5.41, 5.74) is -0.417. The van der Waals surface area contributed by atoms with E-state index in [0.717, 1.165) is 62.9 Å². The summed E-state index contributed by atoms with van der Waals surface area (Å²) < 4.78 is 6.49. The Morgan fingerprint density at radius 3 is 2.67 bits per heavy atom. The van der Waals surface area contributed by atoms with Gasteiger partial charge in [-0.3, -0.25) is 14.4 Å². The summed E-state index contributed by atoms with van der Waals surface area (Å²) in [6.07, 6.45) is 13.6. The van der Waals surface area contributed by atoms with E-state index in [4.69, 9.17) is 4.74 Å². The summed E-state index contributed by atoms with van der Waals surface area (Å²) in [7, 11) is 2.10. The molecule has 1 aromatic carbocycles. The monoisotopic (exact) mass is 568 g/mol. The molecule has 3 heterocycles. The molecule has 9 heteroatoms. The highest BCUT2D eigenvalue weighted by molar-refractivity contribution is 7.98. The zero-order valence-electron chi connectivity index (χ0n) is 24.1. The number of unbranched alkanes of at least 4 members (excludes halogenated alkanes) is 1. The van der Waals surface area contributed by atoms with Crippen LogP contribution in [0.3, 0.4) is 0 Å². The van der Waals surface area contributed by atoms with E-state index in [9.17, 15) is 14.4 Å². The highest BCUT2D eigenvalue weighted by Gasteiger charge is 2.72. The number of hydrogen-bond donors (Lipinski definition) is 2. The van der Waals surface area contributed by atoms with Gasteiger partial charge in [0, 0.05) is 23.2 Å². The largest absolute Gasteiger partial charge is 0.359 e. The van der Waals surface area contributed by atoms with E-state index >= 15 is 0 Å². The molecule has 0 aromatic heterocycles. The van der Waals surface area contributed by atoms with Crippen molar-refractivity contribution < 1.29 is 19.1 Å². The number of thioether (sulfide) groups is 1. The molecule has 5 unspecified atom stereocenters. The molecule has 2 bridgehead atoms. The van der Waals surface area contributed by atoms with Gasteiger partial charge in [0.15, 0.2) is 0 Å². The second-order valence-corrected chi connectivity index (χ2v) is 12.7. The summed E-state index contributed by atoms with van der Waals surface area (Å²) in [5.74, 6) is -1.93. The second-order valence-electron chi connectivity index (χ2n) is 11.8. The van der Waals surface area contributed by atoms with Gasteiger partial charge < -0.3 is 25.2 Å². The van der Waals surface area contributed by atoms with Crippen LogP contribution >= 0.6 is 11.8 Å². The summed E-state index contributed by atoms with van der Waals surface area (Å²) in [4.78, 5) is 46.8. The predicted octanol–water partition coefficient (Wildman–Crippen LogP) is 4.07. The van der Waals surface area contributed by atoms with Crippen molar-refractivity contribution in [2.24, 2.45) is 11.8 Å². The first-order valence-electron chi connectivity index (χ1n) is 15.0. The smallest absolute Gasteiger partial charge is 0.246 e. The first kappa shape index (κ1) is 29.1. The second kappa shape index (κ2) is 12.7. The SMILES string of the molecule is CCCCN(C)CCCN1C(=O)C2C(C(=O)Nc3cccc(SC)c3)C3C=CC2(O3)C1C(=O)NC1CCCCC1. The van der Waals surface area contributed by atoms with Gasteiger partial charge in [-0.25, -0.2) is 0 Å². The maximum absolute atomic E-state index is 14.1. The molecule has 3 fully saturated rings. The molecule has 1 saturated carbocycles. The summed E-state index contributed by atoms with van der Waals surface area (Å²) in [6.45, 7) is 4.49. The molecule has 1 spiro atoms. The number of nitrogens with zero attached hydrogens (tertiary/aromatic N) is 2. The Hall–Kier alpha value is -2.36. The number of likely N-dealkylation sites (tertiary alicyclic amines) is 1. The van der Waals surface area contributed by atoms with Gasteiger partial charge >= 0.3 is 0 Å². The van der Waals surface area contributed by atoms with Crippen molar-refractivity contribution in [3.05, 3.63) is 36.4 Å². The van der Waals surface area contributed by atoms with Crippen molar-refractivity contribution >= 4 is 35.2 Å². The molecule has 2 N–H and O–H groups in total. The zero-order valence-corrected chi connectivity index (χ0v) is 24.9. The Morgan fingerprint density at radius 2 is 1.93 bits per heavy atom. The van der Waals surface area contributed by atoms with Crippen LogP contribution in [0.15, 0.2) is 41.3 Å². The van der Waals surface area contributed by atoms with Crippen molar-refractivity contribution in [1.82, 2.24) is 15.1 Å². The number of carbonyl (C=O) groups excluding carboxylic acids is 3. The van der Waals surface area contributed by atoms with Crippen molar-refractivity contribution in [2.45, 2.75) is 87.0 Å². The van der Waals surface area contributed by atoms with Gasteiger partial charge in [-0.1, -0.05) is 50.8 Å². The van der Waals surface area contributed by atoms with Gasteiger partial charge in [0.25, 0.3) is 0 Å². The predicted molar refractivity (Wildman–Crippen MR) is 158 cm³/mol. The molecule has 40 heavy (non-hydrogen) atoms. The van der Waals surface area contributed by atoms with E-state index in [1.165, 1.54) is 6.42 Å². The number of nitrogens with one attached hydrogen (secondary N) is 2. The minimum atomic E-state index is -1.11. The summed E-state index contributed by atoms with van der Waals surface area (Å²) in [6, 6.07) is 7.04. The molecule has 1 aliphatic carbocycles. The lowest BCUT2D eigenvalue weighted by atomic mass is 9.74. The third-order valence-electron chi connectivity index (χ3n) is 9.05. The number of carbonyl (C=O) groups is 3. The van der Waals surface area contributed by atoms with E-state index in [1.807, 2.05) is 42.7 Å². The molecule has 8 nitrogen and oxygen atoms in total. The highest BCUT2D eigenvalue weighted by atomic mass is 32.2. The Morgan fingerprint density at radius 1 is 1.15 bits per heavy atom. The van der Waals surface area contributed by atoms with Gasteiger partial charge in [0.2, 0.25) is 17.7 Å². The number of fused-ring (bicyclic) bond motifs is 1. The van der Waals surface area contributed by atoms with Crippen LogP contribution in [0.1, 0.15) is 58.3 Å². The molecular weight excluding hydrogens is 524 g/mol. The molecule has 4 aliphatic rings. The standard InChI is InChI=1S/C31H44N4O4S/c1-4-5-17-34(2)18-10-19-35-27(29(37)32-21-11-7-6-8-12-21)31-16-15-24(39-31)25(26(31)30(35)38)28(36)33-22-13-9-14-23(20-22)40-3/h9,13-16,20-21,24-27H,4-8,10-12,17-19H2,1-3H3,(H,32,37)(H,33,36). The van der Waals surface area contributed by atoms with E-state index in [2.05, 4.69) is 29.5 Å². The van der Waals surface area contributed by atoms with E-state index in [1.54, 1.807) is 16.7 Å². The molecule has 3 amide bonds. The highest BCUT2D eigenvalue weighted by Crippen LogP contribution is 2.55. The lowest BCUT2D eigenvalue weighted by Gasteiger charge is -2.34. The van der Waals surface area contributed by atoms with Crippen LogP contribution in [0.25, 0.3) is 0 Å². The first-order chi connectivity index (χ1) is 19.4. The van der Waals surface area contributed by atoms with Crippen LogP contribution in [0.5, 0.6) is 0 Å². The summed E-state index contributed by atoms with van der Waals surface area (Å²) in [5, 5.41) is 6.30. The molecular formula is C31H44N4O4S. The molecule has 3 aliphatic heterocycles. The molecule has 5 rings (SSSR count). The van der Waals surface area contributed by atoms with Crippen LogP contribution in [0.2, 0.25) is 0 Å². The lowest BCUT2D eigenvalue weighted by Crippen LogP contribution is -2.56. The minimum Gasteiger partial charge on any atom is -0.359 e.